The van der Waals surface area contributed by atoms with Crippen LogP contribution in [0.3, 0.4) is 0 Å². The standard InChI is InChI=1S/C12H16O2/c1-9(2)8-14-12(13)11-6-4-10(3)5-7-11/h4-7,9H,8H2,1-3H3. The molecule has 0 N–H and O–H groups in total. The van der Waals surface area contributed by atoms with Crippen LogP contribution in [0.1, 0.15) is 29.8 Å². The van der Waals surface area contributed by atoms with E-state index in [1.807, 2.05) is 32.9 Å². The zero-order chi connectivity index (χ0) is 10.6. The van der Waals surface area contributed by atoms with Crippen molar-refractivity contribution in [2.75, 3.05) is 6.61 Å². The molecule has 0 radical (unpaired) electrons. The van der Waals surface area contributed by atoms with E-state index >= 15 is 0 Å². The van der Waals surface area contributed by atoms with Crippen molar-refractivity contribution in [3.63, 3.8) is 0 Å². The van der Waals surface area contributed by atoms with Gasteiger partial charge in [0, 0.05) is 0 Å². The van der Waals surface area contributed by atoms with Gasteiger partial charge in [0.1, 0.15) is 0 Å². The third-order valence-electron chi connectivity index (χ3n) is 1.84. The lowest BCUT2D eigenvalue weighted by Gasteiger charge is -2.06. The van der Waals surface area contributed by atoms with Crippen LogP contribution in [0.25, 0.3) is 0 Å². The molecule has 0 aliphatic heterocycles. The van der Waals surface area contributed by atoms with Gasteiger partial charge in [0.15, 0.2) is 0 Å². The molecule has 1 aromatic carbocycles. The molecular formula is C12H16O2. The van der Waals surface area contributed by atoms with Crippen LogP contribution in [0.15, 0.2) is 24.3 Å². The van der Waals surface area contributed by atoms with E-state index in [0.29, 0.717) is 18.1 Å². The molecule has 0 heterocycles. The van der Waals surface area contributed by atoms with Crippen molar-refractivity contribution >= 4 is 5.97 Å². The predicted octanol–water partition coefficient (Wildman–Crippen LogP) is 2.81. The summed E-state index contributed by atoms with van der Waals surface area (Å²) in [5.74, 6) is 0.142. The molecule has 2 nitrogen and oxygen atoms in total. The normalized spacial score (nSPS) is 10.3. The smallest absolute Gasteiger partial charge is 0.338 e. The monoisotopic (exact) mass is 192 g/mol. The fourth-order valence-electron chi connectivity index (χ4n) is 1.02. The summed E-state index contributed by atoms with van der Waals surface area (Å²) in [5, 5.41) is 0. The Hall–Kier alpha value is -1.31. The lowest BCUT2D eigenvalue weighted by Crippen LogP contribution is -2.09. The molecule has 0 amide bonds. The van der Waals surface area contributed by atoms with Crippen LogP contribution in [0.4, 0.5) is 0 Å². The molecule has 0 spiro atoms. The highest BCUT2D eigenvalue weighted by Gasteiger charge is 2.06. The van der Waals surface area contributed by atoms with Gasteiger partial charge >= 0.3 is 5.97 Å². The average Bonchev–Trinajstić information content (AvgIpc) is 2.15. The lowest BCUT2D eigenvalue weighted by atomic mass is 10.1. The van der Waals surface area contributed by atoms with Crippen molar-refractivity contribution in [3.8, 4) is 0 Å². The van der Waals surface area contributed by atoms with Crippen LogP contribution in [-0.2, 0) is 4.74 Å². The average molecular weight is 192 g/mol. The van der Waals surface area contributed by atoms with Gasteiger partial charge in [-0.1, -0.05) is 31.5 Å². The second-order valence-electron chi connectivity index (χ2n) is 3.86. The molecule has 0 unspecified atom stereocenters. The van der Waals surface area contributed by atoms with Gasteiger partial charge in [0.2, 0.25) is 0 Å². The molecule has 0 bridgehead atoms. The summed E-state index contributed by atoms with van der Waals surface area (Å²) in [6.07, 6.45) is 0. The number of esters is 1. The molecule has 76 valence electrons. The van der Waals surface area contributed by atoms with Gasteiger partial charge in [-0.15, -0.1) is 0 Å². The number of benzene rings is 1. The summed E-state index contributed by atoms with van der Waals surface area (Å²) in [6.45, 7) is 6.50. The number of rotatable bonds is 3. The number of ether oxygens (including phenoxy) is 1. The number of aryl methyl sites for hydroxylation is 1. The first-order valence-corrected chi connectivity index (χ1v) is 4.83. The minimum Gasteiger partial charge on any atom is -0.462 e. The molecule has 2 heteroatoms. The van der Waals surface area contributed by atoms with Crippen LogP contribution in [0, 0.1) is 12.8 Å². The van der Waals surface area contributed by atoms with E-state index in [0.717, 1.165) is 5.56 Å². The Balaban J connectivity index is 2.57. The fraction of sp³-hybridized carbons (Fsp3) is 0.417. The Morgan fingerprint density at radius 2 is 1.86 bits per heavy atom. The molecule has 1 aromatic rings. The summed E-state index contributed by atoms with van der Waals surface area (Å²) in [6, 6.07) is 7.40. The second kappa shape index (κ2) is 4.80. The number of carbonyl (C=O) groups excluding carboxylic acids is 1. The van der Waals surface area contributed by atoms with Crippen molar-refractivity contribution < 1.29 is 9.53 Å². The Bertz CT molecular complexity index is 299. The molecule has 14 heavy (non-hydrogen) atoms. The lowest BCUT2D eigenvalue weighted by molar-refractivity contribution is 0.0459. The van der Waals surface area contributed by atoms with E-state index in [9.17, 15) is 4.79 Å². The number of hydrogen-bond acceptors (Lipinski definition) is 2. The van der Waals surface area contributed by atoms with Crippen molar-refractivity contribution in [1.82, 2.24) is 0 Å². The van der Waals surface area contributed by atoms with Crippen LogP contribution < -0.4 is 0 Å². The van der Waals surface area contributed by atoms with Crippen molar-refractivity contribution in [1.29, 1.82) is 0 Å². The molecule has 0 aliphatic rings. The van der Waals surface area contributed by atoms with Crippen LogP contribution in [0.2, 0.25) is 0 Å². The van der Waals surface area contributed by atoms with E-state index in [4.69, 9.17) is 4.74 Å². The van der Waals surface area contributed by atoms with Crippen LogP contribution >= 0.6 is 0 Å². The Morgan fingerprint density at radius 3 is 2.36 bits per heavy atom. The Labute approximate surface area is 84.9 Å². The Morgan fingerprint density at radius 1 is 1.29 bits per heavy atom. The molecule has 0 aromatic heterocycles. The van der Waals surface area contributed by atoms with Crippen molar-refractivity contribution in [3.05, 3.63) is 35.4 Å². The van der Waals surface area contributed by atoms with E-state index in [1.54, 1.807) is 12.1 Å². The molecule has 1 rings (SSSR count). The zero-order valence-corrected chi connectivity index (χ0v) is 8.91. The first kappa shape index (κ1) is 10.8. The van der Waals surface area contributed by atoms with E-state index in [-0.39, 0.29) is 5.97 Å². The number of hydrogen-bond donors (Lipinski definition) is 0. The second-order valence-corrected chi connectivity index (χ2v) is 3.86. The maximum absolute atomic E-state index is 11.4. The quantitative estimate of drug-likeness (QED) is 0.688. The first-order valence-electron chi connectivity index (χ1n) is 4.83. The minimum absolute atomic E-state index is 0.237. The van der Waals surface area contributed by atoms with E-state index < -0.39 is 0 Å². The van der Waals surface area contributed by atoms with E-state index in [1.165, 1.54) is 0 Å². The van der Waals surface area contributed by atoms with Crippen LogP contribution in [-0.4, -0.2) is 12.6 Å². The minimum atomic E-state index is -0.237. The number of carbonyl (C=O) groups is 1. The largest absolute Gasteiger partial charge is 0.462 e. The SMILES string of the molecule is Cc1ccc(C(=O)OCC(C)C)cc1. The molecular weight excluding hydrogens is 176 g/mol. The highest BCUT2D eigenvalue weighted by atomic mass is 16.5. The highest BCUT2D eigenvalue weighted by Crippen LogP contribution is 2.05. The van der Waals surface area contributed by atoms with Crippen molar-refractivity contribution in [2.24, 2.45) is 5.92 Å². The zero-order valence-electron chi connectivity index (χ0n) is 8.91. The van der Waals surface area contributed by atoms with Gasteiger partial charge in [-0.25, -0.2) is 4.79 Å². The summed E-state index contributed by atoms with van der Waals surface area (Å²) < 4.78 is 5.09. The highest BCUT2D eigenvalue weighted by molar-refractivity contribution is 5.89. The maximum Gasteiger partial charge on any atom is 0.338 e. The summed E-state index contributed by atoms with van der Waals surface area (Å²) >= 11 is 0. The maximum atomic E-state index is 11.4. The molecule has 0 aliphatic carbocycles. The first-order chi connectivity index (χ1) is 6.59. The predicted molar refractivity (Wildman–Crippen MR) is 56.3 cm³/mol. The fourth-order valence-corrected chi connectivity index (χ4v) is 1.02. The van der Waals surface area contributed by atoms with Crippen molar-refractivity contribution in [2.45, 2.75) is 20.8 Å². The third-order valence-corrected chi connectivity index (χ3v) is 1.84. The van der Waals surface area contributed by atoms with Gasteiger partial charge in [0.05, 0.1) is 12.2 Å². The molecule has 0 fully saturated rings. The molecule has 0 atom stereocenters. The van der Waals surface area contributed by atoms with Gasteiger partial charge in [0.25, 0.3) is 0 Å². The third kappa shape index (κ3) is 3.21. The van der Waals surface area contributed by atoms with E-state index in [2.05, 4.69) is 0 Å². The van der Waals surface area contributed by atoms with Gasteiger partial charge in [-0.2, -0.15) is 0 Å². The summed E-state index contributed by atoms with van der Waals surface area (Å²) in [4.78, 5) is 11.4. The molecule has 0 saturated carbocycles. The van der Waals surface area contributed by atoms with Gasteiger partial charge in [-0.05, 0) is 25.0 Å². The Kier molecular flexibility index (Phi) is 3.69. The summed E-state index contributed by atoms with van der Waals surface area (Å²) in [5.41, 5.74) is 1.77. The van der Waals surface area contributed by atoms with Gasteiger partial charge < -0.3 is 4.74 Å². The van der Waals surface area contributed by atoms with Gasteiger partial charge in [-0.3, -0.25) is 0 Å². The van der Waals surface area contributed by atoms with Crippen LogP contribution in [0.5, 0.6) is 0 Å². The topological polar surface area (TPSA) is 26.3 Å². The summed E-state index contributed by atoms with van der Waals surface area (Å²) in [7, 11) is 0. The molecule has 0 saturated heterocycles.